The molecule has 2 amide bonds. The molecule has 0 bridgehead atoms. The fraction of sp³-hybridized carbons (Fsp3) is 0.300. The number of nitrogens with one attached hydrogen (secondary N) is 1. The van der Waals surface area contributed by atoms with E-state index < -0.39 is 10.3 Å². The van der Waals surface area contributed by atoms with Crippen LogP contribution in [0.4, 0.5) is 11.4 Å². The van der Waals surface area contributed by atoms with Crippen LogP contribution in [0.1, 0.15) is 18.4 Å². The molecule has 2 aliphatic heterocycles. The van der Waals surface area contributed by atoms with Crippen LogP contribution in [-0.2, 0) is 15.0 Å². The molecule has 0 radical (unpaired) electrons. The van der Waals surface area contributed by atoms with Gasteiger partial charge in [-0.3, -0.25) is 19.7 Å². The molecule has 1 N–H and O–H groups in total. The average molecular weight is 381 g/mol. The third-order valence-corrected chi connectivity index (χ3v) is 5.51. The minimum atomic E-state index is -0.591. The molecule has 28 heavy (non-hydrogen) atoms. The van der Waals surface area contributed by atoms with Crippen LogP contribution in [0.2, 0.25) is 0 Å². The lowest BCUT2D eigenvalue weighted by Crippen LogP contribution is -2.49. The van der Waals surface area contributed by atoms with E-state index in [-0.39, 0.29) is 29.9 Å². The van der Waals surface area contributed by atoms with Gasteiger partial charge in [-0.15, -0.1) is 0 Å². The molecule has 4 rings (SSSR count). The van der Waals surface area contributed by atoms with Crippen LogP contribution in [0.15, 0.2) is 48.5 Å². The van der Waals surface area contributed by atoms with Crippen LogP contribution in [0, 0.1) is 10.1 Å². The number of anilines is 1. The summed E-state index contributed by atoms with van der Waals surface area (Å²) in [5.74, 6) is -0.199. The van der Waals surface area contributed by atoms with E-state index in [0.717, 1.165) is 11.3 Å². The Morgan fingerprint density at radius 1 is 1.14 bits per heavy atom. The zero-order chi connectivity index (χ0) is 19.7. The van der Waals surface area contributed by atoms with E-state index in [1.807, 2.05) is 24.3 Å². The molecule has 144 valence electrons. The second kappa shape index (κ2) is 6.95. The lowest BCUT2D eigenvalue weighted by Gasteiger charge is -2.37. The number of para-hydroxylation sites is 3. The predicted molar refractivity (Wildman–Crippen MR) is 101 cm³/mol. The van der Waals surface area contributed by atoms with Crippen LogP contribution in [-0.4, -0.2) is 41.3 Å². The molecular formula is C20H19N3O5. The smallest absolute Gasteiger partial charge is 0.310 e. The molecular weight excluding hydrogens is 362 g/mol. The van der Waals surface area contributed by atoms with Gasteiger partial charge in [0.15, 0.2) is 12.4 Å². The van der Waals surface area contributed by atoms with Crippen molar-refractivity contribution in [2.24, 2.45) is 0 Å². The van der Waals surface area contributed by atoms with Gasteiger partial charge >= 0.3 is 5.69 Å². The number of nitro benzene ring substituents is 1. The Balaban J connectivity index is 1.40. The summed E-state index contributed by atoms with van der Waals surface area (Å²) in [5, 5.41) is 14.0. The Kier molecular flexibility index (Phi) is 4.46. The van der Waals surface area contributed by atoms with Crippen LogP contribution >= 0.6 is 0 Å². The highest BCUT2D eigenvalue weighted by Crippen LogP contribution is 2.44. The molecule has 0 atom stereocenters. The van der Waals surface area contributed by atoms with Gasteiger partial charge in [0.1, 0.15) is 0 Å². The van der Waals surface area contributed by atoms with Crippen LogP contribution in [0.25, 0.3) is 0 Å². The number of carbonyl (C=O) groups excluding carboxylic acids is 2. The van der Waals surface area contributed by atoms with Crippen molar-refractivity contribution in [1.29, 1.82) is 0 Å². The van der Waals surface area contributed by atoms with Crippen molar-refractivity contribution in [3.63, 3.8) is 0 Å². The van der Waals surface area contributed by atoms with Crippen LogP contribution in [0.3, 0.4) is 0 Å². The van der Waals surface area contributed by atoms with Crippen molar-refractivity contribution in [3.8, 4) is 5.75 Å². The van der Waals surface area contributed by atoms with Crippen molar-refractivity contribution >= 4 is 23.2 Å². The molecule has 1 spiro atoms. The minimum Gasteiger partial charge on any atom is -0.477 e. The summed E-state index contributed by atoms with van der Waals surface area (Å²) in [6.45, 7) is 0.586. The molecule has 0 saturated carbocycles. The minimum absolute atomic E-state index is 0.0167. The van der Waals surface area contributed by atoms with Crippen molar-refractivity contribution in [3.05, 3.63) is 64.2 Å². The second-order valence-corrected chi connectivity index (χ2v) is 6.98. The molecule has 0 unspecified atom stereocenters. The fourth-order valence-corrected chi connectivity index (χ4v) is 3.97. The van der Waals surface area contributed by atoms with Crippen molar-refractivity contribution in [2.75, 3.05) is 25.0 Å². The highest BCUT2D eigenvalue weighted by molar-refractivity contribution is 6.06. The fourth-order valence-electron chi connectivity index (χ4n) is 3.97. The molecule has 1 fully saturated rings. The van der Waals surface area contributed by atoms with E-state index in [9.17, 15) is 19.7 Å². The maximum atomic E-state index is 12.6. The van der Waals surface area contributed by atoms with Gasteiger partial charge in [-0.1, -0.05) is 30.3 Å². The van der Waals surface area contributed by atoms with Gasteiger partial charge in [-0.2, -0.15) is 0 Å². The number of piperidine rings is 1. The molecule has 1 saturated heterocycles. The number of ether oxygens (including phenoxy) is 1. The number of hydrogen-bond donors (Lipinski definition) is 1. The number of likely N-dealkylation sites (tertiary alicyclic amines) is 1. The number of nitro groups is 1. The van der Waals surface area contributed by atoms with Gasteiger partial charge in [0, 0.05) is 24.8 Å². The first-order chi connectivity index (χ1) is 13.5. The Labute approximate surface area is 161 Å². The Morgan fingerprint density at radius 2 is 1.82 bits per heavy atom. The lowest BCUT2D eigenvalue weighted by atomic mass is 9.73. The van der Waals surface area contributed by atoms with Crippen molar-refractivity contribution in [2.45, 2.75) is 18.3 Å². The Bertz CT molecular complexity index is 950. The maximum Gasteiger partial charge on any atom is 0.310 e. The summed E-state index contributed by atoms with van der Waals surface area (Å²) in [6.07, 6.45) is 1.07. The topological polar surface area (TPSA) is 102 Å². The standard InChI is InChI=1S/C20H19N3O5/c24-18(13-28-17-8-4-3-7-16(17)23(26)27)22-11-9-20(10-12-22)14-5-1-2-6-15(14)21-19(20)25/h1-8H,9-13H2,(H,21,25). The van der Waals surface area contributed by atoms with Gasteiger partial charge in [0.25, 0.3) is 5.91 Å². The number of nitrogens with zero attached hydrogens (tertiary/aromatic N) is 2. The maximum absolute atomic E-state index is 12.6. The number of carbonyl (C=O) groups is 2. The van der Waals surface area contributed by atoms with Gasteiger partial charge in [-0.05, 0) is 30.5 Å². The van der Waals surface area contributed by atoms with Crippen LogP contribution in [0.5, 0.6) is 5.75 Å². The van der Waals surface area contributed by atoms with Crippen molar-refractivity contribution in [1.82, 2.24) is 4.90 Å². The summed E-state index contributed by atoms with van der Waals surface area (Å²) < 4.78 is 5.40. The summed E-state index contributed by atoms with van der Waals surface area (Å²) in [7, 11) is 0. The molecule has 8 nitrogen and oxygen atoms in total. The van der Waals surface area contributed by atoms with E-state index in [1.54, 1.807) is 17.0 Å². The second-order valence-electron chi connectivity index (χ2n) is 6.98. The summed E-state index contributed by atoms with van der Waals surface area (Å²) in [4.78, 5) is 37.2. The number of hydrogen-bond acceptors (Lipinski definition) is 5. The van der Waals surface area contributed by atoms with Gasteiger partial charge in [0.2, 0.25) is 5.91 Å². The summed E-state index contributed by atoms with van der Waals surface area (Å²) in [6, 6.07) is 13.6. The van der Waals surface area contributed by atoms with E-state index in [1.165, 1.54) is 12.1 Å². The zero-order valence-electron chi connectivity index (χ0n) is 15.1. The molecule has 0 aromatic heterocycles. The highest BCUT2D eigenvalue weighted by atomic mass is 16.6. The van der Waals surface area contributed by atoms with Crippen LogP contribution < -0.4 is 10.1 Å². The van der Waals surface area contributed by atoms with E-state index in [2.05, 4.69) is 5.32 Å². The van der Waals surface area contributed by atoms with Crippen molar-refractivity contribution < 1.29 is 19.2 Å². The van der Waals surface area contributed by atoms with Gasteiger partial charge in [0.05, 0.1) is 10.3 Å². The quantitative estimate of drug-likeness (QED) is 0.648. The van der Waals surface area contributed by atoms with Gasteiger partial charge in [-0.25, -0.2) is 0 Å². The molecule has 0 aliphatic carbocycles. The SMILES string of the molecule is O=C(COc1ccccc1[N+](=O)[O-])N1CCC2(CC1)C(=O)Nc1ccccc12. The van der Waals surface area contributed by atoms with E-state index in [0.29, 0.717) is 25.9 Å². The summed E-state index contributed by atoms with van der Waals surface area (Å²) in [5.41, 5.74) is 1.06. The zero-order valence-corrected chi connectivity index (χ0v) is 15.1. The van der Waals surface area contributed by atoms with E-state index in [4.69, 9.17) is 4.74 Å². The molecule has 8 heteroatoms. The summed E-state index contributed by atoms with van der Waals surface area (Å²) >= 11 is 0. The predicted octanol–water partition coefficient (Wildman–Crippen LogP) is 2.49. The average Bonchev–Trinajstić information content (AvgIpc) is 2.98. The Hall–Kier alpha value is -3.42. The lowest BCUT2D eigenvalue weighted by molar-refractivity contribution is -0.385. The molecule has 2 aliphatic rings. The first-order valence-electron chi connectivity index (χ1n) is 9.06. The molecule has 2 aromatic rings. The molecule has 2 aromatic carbocycles. The largest absolute Gasteiger partial charge is 0.477 e. The third kappa shape index (κ3) is 2.96. The Morgan fingerprint density at radius 3 is 2.57 bits per heavy atom. The van der Waals surface area contributed by atoms with Gasteiger partial charge < -0.3 is 15.0 Å². The number of benzene rings is 2. The normalized spacial score (nSPS) is 17.1. The number of fused-ring (bicyclic) bond motifs is 2. The first-order valence-corrected chi connectivity index (χ1v) is 9.06. The monoisotopic (exact) mass is 381 g/mol. The highest BCUT2D eigenvalue weighted by Gasteiger charge is 2.48. The number of amides is 2. The first kappa shape index (κ1) is 18.0. The number of rotatable bonds is 4. The molecule has 2 heterocycles. The van der Waals surface area contributed by atoms with E-state index >= 15 is 0 Å². The third-order valence-electron chi connectivity index (χ3n) is 5.51.